The van der Waals surface area contributed by atoms with Gasteiger partial charge in [-0.15, -0.1) is 0 Å². The first kappa shape index (κ1) is 21.7. The van der Waals surface area contributed by atoms with Crippen molar-refractivity contribution in [2.24, 2.45) is 5.92 Å². The number of nitrogens with one attached hydrogen (secondary N) is 1. The summed E-state index contributed by atoms with van der Waals surface area (Å²) in [5, 5.41) is 1.62. The van der Waals surface area contributed by atoms with Crippen LogP contribution in [-0.4, -0.2) is 43.7 Å². The van der Waals surface area contributed by atoms with Crippen molar-refractivity contribution in [1.82, 2.24) is 5.32 Å². The SMILES string of the molecule is CC[C@H](C)c1ccccc1N1C[C@@H](C(=O)OCC(=O)NCC(F)(F)F)CC1=O. The molecule has 2 amide bonds. The van der Waals surface area contributed by atoms with Gasteiger partial charge in [-0.3, -0.25) is 14.4 Å². The van der Waals surface area contributed by atoms with Gasteiger partial charge in [-0.2, -0.15) is 13.2 Å². The summed E-state index contributed by atoms with van der Waals surface area (Å²) in [7, 11) is 0. The highest BCUT2D eigenvalue weighted by atomic mass is 19.4. The van der Waals surface area contributed by atoms with Crippen LogP contribution in [0.3, 0.4) is 0 Å². The Morgan fingerprint density at radius 1 is 1.32 bits per heavy atom. The molecule has 0 spiro atoms. The number of hydrogen-bond donors (Lipinski definition) is 1. The lowest BCUT2D eigenvalue weighted by Crippen LogP contribution is -2.37. The zero-order chi connectivity index (χ0) is 20.9. The number of benzene rings is 1. The number of halogens is 3. The normalized spacial score (nSPS) is 18.1. The number of amides is 2. The van der Waals surface area contributed by atoms with Crippen LogP contribution in [0.25, 0.3) is 0 Å². The maximum absolute atomic E-state index is 12.4. The fourth-order valence-electron chi connectivity index (χ4n) is 2.97. The van der Waals surface area contributed by atoms with Gasteiger partial charge in [0.1, 0.15) is 6.54 Å². The molecule has 0 saturated carbocycles. The smallest absolute Gasteiger partial charge is 0.405 e. The van der Waals surface area contributed by atoms with E-state index in [4.69, 9.17) is 4.74 Å². The lowest BCUT2D eigenvalue weighted by atomic mass is 9.96. The molecule has 1 heterocycles. The Labute approximate surface area is 161 Å². The highest BCUT2D eigenvalue weighted by Crippen LogP contribution is 2.33. The quantitative estimate of drug-likeness (QED) is 0.715. The molecule has 28 heavy (non-hydrogen) atoms. The molecule has 9 heteroatoms. The number of carbonyl (C=O) groups is 3. The molecule has 1 aromatic carbocycles. The van der Waals surface area contributed by atoms with Crippen LogP contribution in [-0.2, 0) is 19.1 Å². The van der Waals surface area contributed by atoms with E-state index in [0.717, 1.165) is 17.7 Å². The van der Waals surface area contributed by atoms with Gasteiger partial charge in [0, 0.05) is 18.7 Å². The van der Waals surface area contributed by atoms with Crippen LogP contribution in [0.5, 0.6) is 0 Å². The fraction of sp³-hybridized carbons (Fsp3) is 0.526. The summed E-state index contributed by atoms with van der Waals surface area (Å²) in [6.45, 7) is 1.88. The van der Waals surface area contributed by atoms with Crippen LogP contribution in [0, 0.1) is 5.92 Å². The van der Waals surface area contributed by atoms with E-state index >= 15 is 0 Å². The van der Waals surface area contributed by atoms with Crippen LogP contribution in [0.2, 0.25) is 0 Å². The van der Waals surface area contributed by atoms with Gasteiger partial charge in [0.25, 0.3) is 5.91 Å². The topological polar surface area (TPSA) is 75.7 Å². The lowest BCUT2D eigenvalue weighted by Gasteiger charge is -2.23. The molecule has 1 aliphatic rings. The summed E-state index contributed by atoms with van der Waals surface area (Å²) < 4.78 is 41.0. The largest absolute Gasteiger partial charge is 0.455 e. The van der Waals surface area contributed by atoms with Crippen molar-refractivity contribution in [1.29, 1.82) is 0 Å². The highest BCUT2D eigenvalue weighted by Gasteiger charge is 2.37. The van der Waals surface area contributed by atoms with E-state index in [1.165, 1.54) is 4.90 Å². The van der Waals surface area contributed by atoms with Crippen LogP contribution < -0.4 is 10.2 Å². The number of anilines is 1. The standard InChI is InChI=1S/C19H23F3N2O4/c1-3-12(2)14-6-4-5-7-15(14)24-9-13(8-17(24)26)18(27)28-10-16(25)23-11-19(20,21)22/h4-7,12-13H,3,8-11H2,1-2H3,(H,23,25)/t12-,13-/m0/s1. The van der Waals surface area contributed by atoms with E-state index in [2.05, 4.69) is 0 Å². The minimum Gasteiger partial charge on any atom is -0.455 e. The second kappa shape index (κ2) is 9.07. The first-order valence-electron chi connectivity index (χ1n) is 9.01. The van der Waals surface area contributed by atoms with Crippen molar-refractivity contribution in [3.8, 4) is 0 Å². The Morgan fingerprint density at radius 3 is 2.64 bits per heavy atom. The predicted molar refractivity (Wildman–Crippen MR) is 95.6 cm³/mol. The minimum absolute atomic E-state index is 0.0716. The summed E-state index contributed by atoms with van der Waals surface area (Å²) in [6.07, 6.45) is -3.73. The molecular formula is C19H23F3N2O4. The lowest BCUT2D eigenvalue weighted by molar-refractivity contribution is -0.154. The molecule has 1 aromatic rings. The van der Waals surface area contributed by atoms with Crippen LogP contribution in [0.4, 0.5) is 18.9 Å². The average molecular weight is 400 g/mol. The molecule has 1 aliphatic heterocycles. The molecule has 0 radical (unpaired) electrons. The number of para-hydroxylation sites is 1. The zero-order valence-electron chi connectivity index (χ0n) is 15.7. The summed E-state index contributed by atoms with van der Waals surface area (Å²) in [5.41, 5.74) is 1.74. The second-order valence-corrected chi connectivity index (χ2v) is 6.77. The van der Waals surface area contributed by atoms with Crippen molar-refractivity contribution in [2.45, 2.75) is 38.8 Å². The second-order valence-electron chi connectivity index (χ2n) is 6.77. The molecule has 2 rings (SSSR count). The van der Waals surface area contributed by atoms with Crippen molar-refractivity contribution in [3.63, 3.8) is 0 Å². The number of carbonyl (C=O) groups excluding carboxylic acids is 3. The summed E-state index contributed by atoms with van der Waals surface area (Å²) >= 11 is 0. The number of ether oxygens (including phenoxy) is 1. The van der Waals surface area contributed by atoms with Crippen LogP contribution in [0.15, 0.2) is 24.3 Å². The van der Waals surface area contributed by atoms with Gasteiger partial charge in [0.05, 0.1) is 5.92 Å². The molecule has 1 N–H and O–H groups in total. The van der Waals surface area contributed by atoms with Gasteiger partial charge < -0.3 is 15.0 Å². The number of esters is 1. The molecule has 0 unspecified atom stereocenters. The van der Waals surface area contributed by atoms with Gasteiger partial charge in [-0.05, 0) is 24.0 Å². The average Bonchev–Trinajstić information content (AvgIpc) is 3.04. The molecule has 0 aromatic heterocycles. The van der Waals surface area contributed by atoms with Gasteiger partial charge in [0.15, 0.2) is 6.61 Å². The number of nitrogens with zero attached hydrogens (tertiary/aromatic N) is 1. The minimum atomic E-state index is -4.54. The van der Waals surface area contributed by atoms with E-state index in [-0.39, 0.29) is 24.8 Å². The third kappa shape index (κ3) is 5.71. The maximum Gasteiger partial charge on any atom is 0.405 e. The van der Waals surface area contributed by atoms with E-state index in [0.29, 0.717) is 0 Å². The summed E-state index contributed by atoms with van der Waals surface area (Å²) in [4.78, 5) is 37.4. The van der Waals surface area contributed by atoms with Gasteiger partial charge in [-0.25, -0.2) is 0 Å². The van der Waals surface area contributed by atoms with Crippen molar-refractivity contribution < 1.29 is 32.3 Å². The third-order valence-electron chi connectivity index (χ3n) is 4.66. The molecule has 1 fully saturated rings. The molecule has 6 nitrogen and oxygen atoms in total. The van der Waals surface area contributed by atoms with E-state index < -0.39 is 37.1 Å². The van der Waals surface area contributed by atoms with E-state index in [9.17, 15) is 27.6 Å². The number of rotatable bonds is 7. The number of hydrogen-bond acceptors (Lipinski definition) is 4. The zero-order valence-corrected chi connectivity index (χ0v) is 15.7. The van der Waals surface area contributed by atoms with Gasteiger partial charge in [0.2, 0.25) is 5.91 Å². The van der Waals surface area contributed by atoms with Crippen LogP contribution in [0.1, 0.15) is 38.2 Å². The van der Waals surface area contributed by atoms with Gasteiger partial charge in [-0.1, -0.05) is 32.0 Å². The Balaban J connectivity index is 1.96. The Bertz CT molecular complexity index is 736. The molecule has 1 saturated heterocycles. The van der Waals surface area contributed by atoms with Crippen LogP contribution >= 0.6 is 0 Å². The predicted octanol–water partition coefficient (Wildman–Crippen LogP) is 2.77. The fourth-order valence-corrected chi connectivity index (χ4v) is 2.97. The molecular weight excluding hydrogens is 377 g/mol. The molecule has 0 bridgehead atoms. The first-order chi connectivity index (χ1) is 13.1. The summed E-state index contributed by atoms with van der Waals surface area (Å²) in [6, 6.07) is 7.45. The monoisotopic (exact) mass is 400 g/mol. The van der Waals surface area contributed by atoms with E-state index in [1.807, 2.05) is 38.1 Å². The van der Waals surface area contributed by atoms with Crippen molar-refractivity contribution in [2.75, 3.05) is 24.6 Å². The van der Waals surface area contributed by atoms with Crippen molar-refractivity contribution >= 4 is 23.5 Å². The molecule has 0 aliphatic carbocycles. The van der Waals surface area contributed by atoms with E-state index in [1.54, 1.807) is 5.32 Å². The number of alkyl halides is 3. The Kier molecular flexibility index (Phi) is 7.04. The maximum atomic E-state index is 12.4. The first-order valence-corrected chi connectivity index (χ1v) is 9.01. The summed E-state index contributed by atoms with van der Waals surface area (Å²) in [5.74, 6) is -2.60. The highest BCUT2D eigenvalue weighted by molar-refractivity contribution is 6.00. The third-order valence-corrected chi connectivity index (χ3v) is 4.66. The molecule has 2 atom stereocenters. The Morgan fingerprint density at radius 2 is 2.00 bits per heavy atom. The van der Waals surface area contributed by atoms with Crippen molar-refractivity contribution in [3.05, 3.63) is 29.8 Å². The van der Waals surface area contributed by atoms with Gasteiger partial charge >= 0.3 is 12.1 Å². The molecule has 154 valence electrons. The Hall–Kier alpha value is -2.58.